The largest absolute Gasteiger partial charge is 0.115 e. The van der Waals surface area contributed by atoms with Gasteiger partial charge in [0.05, 0.1) is 0 Å². The quantitative estimate of drug-likeness (QED) is 0.614. The van der Waals surface area contributed by atoms with Crippen LogP contribution in [0.2, 0.25) is 0 Å². The lowest BCUT2D eigenvalue weighted by Gasteiger charge is -2.06. The fourth-order valence-electron chi connectivity index (χ4n) is 2.78. The van der Waals surface area contributed by atoms with Gasteiger partial charge in [-0.2, -0.15) is 0 Å². The van der Waals surface area contributed by atoms with Gasteiger partial charge in [0.1, 0.15) is 0 Å². The molecule has 0 fully saturated rings. The second-order valence-electron chi connectivity index (χ2n) is 5.65. The molecule has 0 heteroatoms. The average Bonchev–Trinajstić information content (AvgIpc) is 2.37. The molecule has 104 valence electrons. The first-order chi connectivity index (χ1) is 9.92. The normalized spacial score (nSPS) is 9.71. The van der Waals surface area contributed by atoms with Crippen LogP contribution in [-0.2, 0) is 0 Å². The lowest BCUT2D eigenvalue weighted by molar-refractivity contribution is 1.29. The number of aryl methyl sites for hydroxylation is 5. The van der Waals surface area contributed by atoms with Crippen LogP contribution >= 0.6 is 0 Å². The molecule has 0 nitrogen and oxygen atoms in total. The van der Waals surface area contributed by atoms with Gasteiger partial charge in [-0.05, 0) is 69.0 Å². The number of hydrogen-bond acceptors (Lipinski definition) is 0. The van der Waals surface area contributed by atoms with Crippen LogP contribution in [0.1, 0.15) is 44.5 Å². The third kappa shape index (κ3) is 3.18. The van der Waals surface area contributed by atoms with Crippen molar-refractivity contribution < 1.29 is 0 Å². The summed E-state index contributed by atoms with van der Waals surface area (Å²) in [5, 5.41) is 0. The third-order valence-corrected chi connectivity index (χ3v) is 3.69. The van der Waals surface area contributed by atoms with Crippen molar-refractivity contribution in [3.63, 3.8) is 0 Å². The van der Waals surface area contributed by atoms with Crippen LogP contribution in [0.5, 0.6) is 0 Å². The van der Waals surface area contributed by atoms with E-state index in [4.69, 9.17) is 6.42 Å². The van der Waals surface area contributed by atoms with Crippen LogP contribution in [0.3, 0.4) is 0 Å². The minimum absolute atomic E-state index is 0.975. The van der Waals surface area contributed by atoms with Gasteiger partial charge in [0, 0.05) is 16.7 Å². The van der Waals surface area contributed by atoms with E-state index in [0.29, 0.717) is 0 Å². The van der Waals surface area contributed by atoms with E-state index < -0.39 is 0 Å². The molecule has 0 N–H and O–H groups in total. The maximum Gasteiger partial charge on any atom is 0.0307 e. The maximum atomic E-state index is 5.53. The Hall–Kier alpha value is -2.44. The summed E-state index contributed by atoms with van der Waals surface area (Å²) >= 11 is 0. The van der Waals surface area contributed by atoms with E-state index in [1.54, 1.807) is 0 Å². The molecular weight excluding hydrogens is 252 g/mol. The predicted molar refractivity (Wildman–Crippen MR) is 90.5 cm³/mol. The molecular formula is C21H20. The van der Waals surface area contributed by atoms with Gasteiger partial charge in [-0.3, -0.25) is 0 Å². The highest BCUT2D eigenvalue weighted by atomic mass is 14.1. The minimum Gasteiger partial charge on any atom is -0.115 e. The zero-order valence-electron chi connectivity index (χ0n) is 13.4. The summed E-state index contributed by atoms with van der Waals surface area (Å²) in [4.78, 5) is 0. The molecule has 0 aliphatic heterocycles. The van der Waals surface area contributed by atoms with Crippen LogP contribution in [0.25, 0.3) is 0 Å². The van der Waals surface area contributed by atoms with Gasteiger partial charge in [0.2, 0.25) is 0 Å². The standard InChI is InChI=1S/C21H20/c1-7-20-17(5)12-19(13-18(20)6)8-9-21-15(3)10-14(2)11-16(21)4/h1,10-13H,2-6H3. The van der Waals surface area contributed by atoms with Crippen LogP contribution in [0.4, 0.5) is 0 Å². The summed E-state index contributed by atoms with van der Waals surface area (Å²) in [6.07, 6.45) is 5.53. The van der Waals surface area contributed by atoms with Crippen molar-refractivity contribution in [1.82, 2.24) is 0 Å². The van der Waals surface area contributed by atoms with Crippen LogP contribution < -0.4 is 0 Å². The highest BCUT2D eigenvalue weighted by Gasteiger charge is 2.03. The highest BCUT2D eigenvalue weighted by Crippen LogP contribution is 2.17. The molecule has 2 rings (SSSR count). The predicted octanol–water partition coefficient (Wildman–Crippen LogP) is 4.61. The van der Waals surface area contributed by atoms with Crippen LogP contribution in [0, 0.1) is 58.8 Å². The maximum absolute atomic E-state index is 5.53. The summed E-state index contributed by atoms with van der Waals surface area (Å²) in [5.41, 5.74) is 9.07. The van der Waals surface area contributed by atoms with Crippen molar-refractivity contribution in [2.75, 3.05) is 0 Å². The fraction of sp³-hybridized carbons (Fsp3) is 0.238. The van der Waals surface area contributed by atoms with Gasteiger partial charge >= 0.3 is 0 Å². The lowest BCUT2D eigenvalue weighted by atomic mass is 9.98. The zero-order chi connectivity index (χ0) is 15.6. The van der Waals surface area contributed by atoms with E-state index in [0.717, 1.165) is 27.8 Å². The Morgan fingerprint density at radius 1 is 0.667 bits per heavy atom. The number of benzene rings is 2. The molecule has 0 bridgehead atoms. The molecule has 0 aromatic heterocycles. The second-order valence-corrected chi connectivity index (χ2v) is 5.65. The molecule has 2 aromatic carbocycles. The average molecular weight is 272 g/mol. The summed E-state index contributed by atoms with van der Waals surface area (Å²) in [5.74, 6) is 9.33. The van der Waals surface area contributed by atoms with Gasteiger partial charge in [-0.15, -0.1) is 6.42 Å². The van der Waals surface area contributed by atoms with Crippen LogP contribution in [-0.4, -0.2) is 0 Å². The third-order valence-electron chi connectivity index (χ3n) is 3.69. The van der Waals surface area contributed by atoms with Crippen LogP contribution in [0.15, 0.2) is 24.3 Å². The van der Waals surface area contributed by atoms with Gasteiger partial charge in [-0.1, -0.05) is 35.5 Å². The zero-order valence-corrected chi connectivity index (χ0v) is 13.4. The second kappa shape index (κ2) is 5.90. The Kier molecular flexibility index (Phi) is 4.21. The van der Waals surface area contributed by atoms with E-state index in [9.17, 15) is 0 Å². The number of rotatable bonds is 0. The Morgan fingerprint density at radius 2 is 1.14 bits per heavy atom. The molecule has 0 heterocycles. The number of terminal acetylenes is 1. The van der Waals surface area contributed by atoms with Crippen molar-refractivity contribution in [2.45, 2.75) is 34.6 Å². The van der Waals surface area contributed by atoms with Gasteiger partial charge < -0.3 is 0 Å². The first-order valence-electron chi connectivity index (χ1n) is 7.10. The molecule has 0 aliphatic carbocycles. The van der Waals surface area contributed by atoms with E-state index in [1.165, 1.54) is 16.7 Å². The molecule has 0 spiro atoms. The molecule has 2 aromatic rings. The van der Waals surface area contributed by atoms with Crippen molar-refractivity contribution >= 4 is 0 Å². The van der Waals surface area contributed by atoms with E-state index in [-0.39, 0.29) is 0 Å². The monoisotopic (exact) mass is 272 g/mol. The molecule has 0 saturated carbocycles. The Morgan fingerprint density at radius 3 is 1.62 bits per heavy atom. The Bertz CT molecular complexity index is 756. The molecule has 0 unspecified atom stereocenters. The Labute approximate surface area is 128 Å². The summed E-state index contributed by atoms with van der Waals surface area (Å²) in [6.45, 7) is 10.4. The van der Waals surface area contributed by atoms with E-state index >= 15 is 0 Å². The first-order valence-corrected chi connectivity index (χ1v) is 7.10. The van der Waals surface area contributed by atoms with E-state index in [2.05, 4.69) is 62.8 Å². The van der Waals surface area contributed by atoms with Crippen molar-refractivity contribution in [3.8, 4) is 24.2 Å². The minimum atomic E-state index is 0.975. The van der Waals surface area contributed by atoms with Gasteiger partial charge in [-0.25, -0.2) is 0 Å². The molecule has 0 radical (unpaired) electrons. The Balaban J connectivity index is 2.48. The van der Waals surface area contributed by atoms with Crippen molar-refractivity contribution in [3.05, 3.63) is 68.8 Å². The van der Waals surface area contributed by atoms with Crippen molar-refractivity contribution in [2.24, 2.45) is 0 Å². The summed E-state index contributed by atoms with van der Waals surface area (Å²) in [6, 6.07) is 8.48. The topological polar surface area (TPSA) is 0 Å². The summed E-state index contributed by atoms with van der Waals surface area (Å²) in [7, 11) is 0. The molecule has 0 aliphatic rings. The van der Waals surface area contributed by atoms with E-state index in [1.807, 2.05) is 13.8 Å². The summed E-state index contributed by atoms with van der Waals surface area (Å²) < 4.78 is 0. The molecule has 0 amide bonds. The SMILES string of the molecule is C#Cc1c(C)cc(C#Cc2c(C)cc(C)cc2C)cc1C. The number of hydrogen-bond donors (Lipinski definition) is 0. The fourth-order valence-corrected chi connectivity index (χ4v) is 2.78. The molecule has 0 saturated heterocycles. The van der Waals surface area contributed by atoms with Gasteiger partial charge in [0.25, 0.3) is 0 Å². The highest BCUT2D eigenvalue weighted by molar-refractivity contribution is 5.55. The molecule has 0 atom stereocenters. The van der Waals surface area contributed by atoms with Crippen molar-refractivity contribution in [1.29, 1.82) is 0 Å². The lowest BCUT2D eigenvalue weighted by Crippen LogP contribution is -1.91. The van der Waals surface area contributed by atoms with Gasteiger partial charge in [0.15, 0.2) is 0 Å². The molecule has 21 heavy (non-hydrogen) atoms. The smallest absolute Gasteiger partial charge is 0.0307 e. The first kappa shape index (κ1) is 15.0.